The number of aliphatic hydroxyl groups is 1. The first kappa shape index (κ1) is 30.7. The van der Waals surface area contributed by atoms with Crippen molar-refractivity contribution >= 4 is 11.6 Å². The highest BCUT2D eigenvalue weighted by Gasteiger charge is 2.35. The summed E-state index contributed by atoms with van der Waals surface area (Å²) in [6, 6.07) is 39.6. The van der Waals surface area contributed by atoms with E-state index in [1.807, 2.05) is 121 Å². The Hall–Kier alpha value is -3.29. The van der Waals surface area contributed by atoms with E-state index in [2.05, 4.69) is 0 Å². The van der Waals surface area contributed by atoms with Crippen LogP contribution in [-0.2, 0) is 45.4 Å². The molecule has 0 radical (unpaired) electrons. The van der Waals surface area contributed by atoms with Gasteiger partial charge in [-0.3, -0.25) is 0 Å². The van der Waals surface area contributed by atoms with Crippen LogP contribution in [0.3, 0.4) is 0 Å². The maximum atomic E-state index is 10.5. The topological polar surface area (TPSA) is 57.2 Å². The molecule has 1 N–H and O–H groups in total. The van der Waals surface area contributed by atoms with E-state index in [1.54, 1.807) is 0 Å². The number of aliphatic hydroxyl groups excluding tert-OH is 1. The fraction of sp³-hybridized carbons (Fsp3) is 0.257. The Morgan fingerprint density at radius 2 is 1.00 bits per heavy atom. The summed E-state index contributed by atoms with van der Waals surface area (Å²) in [5.74, 6) is 0. The number of hydrogen-bond acceptors (Lipinski definition) is 5. The van der Waals surface area contributed by atoms with E-state index in [9.17, 15) is 5.11 Å². The van der Waals surface area contributed by atoms with Gasteiger partial charge in [-0.15, -0.1) is 0 Å². The summed E-state index contributed by atoms with van der Waals surface area (Å²) in [5, 5.41) is 10.5. The molecule has 4 aromatic rings. The van der Waals surface area contributed by atoms with Crippen LogP contribution in [-0.4, -0.2) is 36.6 Å². The molecule has 0 aliphatic rings. The summed E-state index contributed by atoms with van der Waals surface area (Å²) < 4.78 is 25.4. The molecule has 0 amide bonds. The van der Waals surface area contributed by atoms with Gasteiger partial charge in [-0.25, -0.2) is 0 Å². The molecule has 0 saturated heterocycles. The van der Waals surface area contributed by atoms with Gasteiger partial charge >= 0.3 is 0 Å². The van der Waals surface area contributed by atoms with Crippen molar-refractivity contribution in [3.8, 4) is 0 Å². The molecule has 3 atom stereocenters. The van der Waals surface area contributed by atoms with E-state index in [0.717, 1.165) is 22.3 Å². The molecule has 214 valence electrons. The van der Waals surface area contributed by atoms with Crippen LogP contribution in [0.1, 0.15) is 22.3 Å². The van der Waals surface area contributed by atoms with Crippen LogP contribution in [0.5, 0.6) is 0 Å². The summed E-state index contributed by atoms with van der Waals surface area (Å²) in [7, 11) is 0. The summed E-state index contributed by atoms with van der Waals surface area (Å²) in [5.41, 5.74) is 6.23. The smallest absolute Gasteiger partial charge is 0.116 e. The molecular formula is C35H37ClO5. The quantitative estimate of drug-likeness (QED) is 0.147. The monoisotopic (exact) mass is 572 g/mol. The van der Waals surface area contributed by atoms with Crippen LogP contribution in [0, 0.1) is 0 Å². The van der Waals surface area contributed by atoms with Gasteiger partial charge in [-0.1, -0.05) is 133 Å². The molecule has 5 nitrogen and oxygen atoms in total. The molecule has 4 aromatic carbocycles. The second-order valence-corrected chi connectivity index (χ2v) is 9.88. The number of halogens is 1. The lowest BCUT2D eigenvalue weighted by Gasteiger charge is -2.34. The van der Waals surface area contributed by atoms with Crippen LogP contribution in [0.2, 0.25) is 0 Å². The standard InChI is InChI=1S/C35H37ClO5/c36-21-32(27-38-23-28-13-5-1-6-14-28)34(40-25-30-17-9-3-10-18-30)35(41-26-31-19-11-4-12-20-31)33(22-37)39-24-29-15-7-2-8-16-29/h1-21,33-35,37H,22-27H2/b32-21-/t33-,34+,35+/m0/s1. The third-order valence-corrected chi connectivity index (χ3v) is 6.88. The Labute approximate surface area is 247 Å². The summed E-state index contributed by atoms with van der Waals surface area (Å²) in [6.07, 6.45) is -2.03. The van der Waals surface area contributed by atoms with Crippen LogP contribution < -0.4 is 0 Å². The minimum Gasteiger partial charge on any atom is -0.394 e. The summed E-state index contributed by atoms with van der Waals surface area (Å²) in [4.78, 5) is 0. The van der Waals surface area contributed by atoms with E-state index < -0.39 is 18.3 Å². The van der Waals surface area contributed by atoms with Gasteiger partial charge in [0.25, 0.3) is 0 Å². The van der Waals surface area contributed by atoms with Crippen molar-refractivity contribution in [2.45, 2.75) is 44.7 Å². The molecule has 6 heteroatoms. The average Bonchev–Trinajstić information content (AvgIpc) is 3.04. The number of benzene rings is 4. The van der Waals surface area contributed by atoms with Crippen LogP contribution in [0.4, 0.5) is 0 Å². The average molecular weight is 573 g/mol. The first-order chi connectivity index (χ1) is 20.3. The third-order valence-electron chi connectivity index (χ3n) is 6.60. The number of hydrogen-bond donors (Lipinski definition) is 1. The SMILES string of the molecule is OC[C@H](OCc1ccccc1)[C@@H](OCc1ccccc1)[C@H](OCc1ccccc1)/C(=C\Cl)COCc1ccccc1. The first-order valence-electron chi connectivity index (χ1n) is 13.7. The first-order valence-corrected chi connectivity index (χ1v) is 14.2. The minimum atomic E-state index is -0.694. The Balaban J connectivity index is 1.57. The molecule has 0 aliphatic carbocycles. The predicted molar refractivity (Wildman–Crippen MR) is 162 cm³/mol. The van der Waals surface area contributed by atoms with E-state index >= 15 is 0 Å². The molecule has 0 aromatic heterocycles. The van der Waals surface area contributed by atoms with Crippen molar-refractivity contribution in [1.82, 2.24) is 0 Å². The van der Waals surface area contributed by atoms with Gasteiger partial charge in [0.2, 0.25) is 0 Å². The van der Waals surface area contributed by atoms with Crippen molar-refractivity contribution in [1.29, 1.82) is 0 Å². The van der Waals surface area contributed by atoms with Crippen LogP contribution in [0.15, 0.2) is 132 Å². The molecule has 0 fully saturated rings. The molecule has 4 rings (SSSR count). The van der Waals surface area contributed by atoms with Gasteiger partial charge in [0.15, 0.2) is 0 Å². The lowest BCUT2D eigenvalue weighted by molar-refractivity contribution is -0.154. The largest absolute Gasteiger partial charge is 0.394 e. The maximum absolute atomic E-state index is 10.5. The molecular weight excluding hydrogens is 536 g/mol. The number of rotatable bonds is 17. The van der Waals surface area contributed by atoms with Crippen molar-refractivity contribution in [3.05, 3.63) is 155 Å². The Kier molecular flexibility index (Phi) is 13.1. The van der Waals surface area contributed by atoms with E-state index in [-0.39, 0.29) is 13.2 Å². The van der Waals surface area contributed by atoms with Gasteiger partial charge in [0.1, 0.15) is 18.3 Å². The fourth-order valence-corrected chi connectivity index (χ4v) is 4.58. The Morgan fingerprint density at radius 1 is 0.585 bits per heavy atom. The molecule has 0 heterocycles. The minimum absolute atomic E-state index is 0.222. The summed E-state index contributed by atoms with van der Waals surface area (Å²) >= 11 is 6.43. The second-order valence-electron chi connectivity index (χ2n) is 9.66. The maximum Gasteiger partial charge on any atom is 0.116 e. The zero-order valence-corrected chi connectivity index (χ0v) is 23.8. The van der Waals surface area contributed by atoms with E-state index in [0.29, 0.717) is 32.0 Å². The van der Waals surface area contributed by atoms with Crippen molar-refractivity contribution in [2.24, 2.45) is 0 Å². The van der Waals surface area contributed by atoms with Crippen molar-refractivity contribution < 1.29 is 24.1 Å². The highest BCUT2D eigenvalue weighted by Crippen LogP contribution is 2.24. The molecule has 41 heavy (non-hydrogen) atoms. The van der Waals surface area contributed by atoms with Crippen molar-refractivity contribution in [3.63, 3.8) is 0 Å². The molecule has 0 unspecified atom stereocenters. The molecule has 0 saturated carbocycles. The Morgan fingerprint density at radius 3 is 1.44 bits per heavy atom. The van der Waals surface area contributed by atoms with Gasteiger partial charge < -0.3 is 24.1 Å². The second kappa shape index (κ2) is 17.5. The van der Waals surface area contributed by atoms with Gasteiger partial charge in [0, 0.05) is 5.54 Å². The zero-order chi connectivity index (χ0) is 28.5. The molecule has 0 spiro atoms. The lowest BCUT2D eigenvalue weighted by atomic mass is 10.0. The van der Waals surface area contributed by atoms with Gasteiger partial charge in [0.05, 0.1) is 39.6 Å². The van der Waals surface area contributed by atoms with Crippen LogP contribution in [0.25, 0.3) is 0 Å². The Bertz CT molecular complexity index is 1270. The molecule has 0 bridgehead atoms. The predicted octanol–water partition coefficient (Wildman–Crippen LogP) is 7.07. The van der Waals surface area contributed by atoms with E-state index in [4.69, 9.17) is 30.5 Å². The van der Waals surface area contributed by atoms with Crippen molar-refractivity contribution in [2.75, 3.05) is 13.2 Å². The molecule has 0 aliphatic heterocycles. The highest BCUT2D eigenvalue weighted by molar-refractivity contribution is 6.25. The third kappa shape index (κ3) is 10.2. The lowest BCUT2D eigenvalue weighted by Crippen LogP contribution is -2.46. The number of ether oxygens (including phenoxy) is 4. The fourth-order valence-electron chi connectivity index (χ4n) is 4.40. The van der Waals surface area contributed by atoms with E-state index in [1.165, 1.54) is 5.54 Å². The van der Waals surface area contributed by atoms with Gasteiger partial charge in [-0.05, 0) is 27.8 Å². The highest BCUT2D eigenvalue weighted by atomic mass is 35.5. The van der Waals surface area contributed by atoms with Gasteiger partial charge in [-0.2, -0.15) is 0 Å². The normalized spacial score (nSPS) is 14.0. The van der Waals surface area contributed by atoms with Crippen LogP contribution >= 0.6 is 11.6 Å². The zero-order valence-electron chi connectivity index (χ0n) is 23.1. The summed E-state index contributed by atoms with van der Waals surface area (Å²) in [6.45, 7) is 1.32.